The Bertz CT molecular complexity index is 605. The number of sulfone groups is 1. The summed E-state index contributed by atoms with van der Waals surface area (Å²) in [7, 11) is -1.64. The van der Waals surface area contributed by atoms with Crippen LogP contribution in [0.4, 0.5) is 0 Å². The standard InChI is InChI=1S/C12H13NO4S/c1-17-11-4-2-3-9(12(11)14)7-13-10-5-6-18(15,16)8-10/h2-7,10,14H,8H2,1H3/t10-/m0/s1. The first-order valence-corrected chi connectivity index (χ1v) is 7.03. The molecule has 18 heavy (non-hydrogen) atoms. The van der Waals surface area contributed by atoms with Crippen LogP contribution in [0.1, 0.15) is 5.56 Å². The molecule has 0 saturated carbocycles. The van der Waals surface area contributed by atoms with Crippen molar-refractivity contribution in [2.24, 2.45) is 4.99 Å². The molecule has 1 aliphatic rings. The summed E-state index contributed by atoms with van der Waals surface area (Å²) < 4.78 is 27.3. The molecule has 0 spiro atoms. The Balaban J connectivity index is 2.18. The van der Waals surface area contributed by atoms with Gasteiger partial charge in [-0.25, -0.2) is 8.42 Å². The van der Waals surface area contributed by atoms with Gasteiger partial charge in [-0.2, -0.15) is 0 Å². The molecule has 5 nitrogen and oxygen atoms in total. The fourth-order valence-electron chi connectivity index (χ4n) is 1.64. The van der Waals surface area contributed by atoms with Crippen LogP contribution in [0.15, 0.2) is 34.7 Å². The number of aliphatic imine (C=N–C) groups is 1. The minimum absolute atomic E-state index is 0.00594. The van der Waals surface area contributed by atoms with Gasteiger partial charge in [0.25, 0.3) is 0 Å². The van der Waals surface area contributed by atoms with Crippen LogP contribution < -0.4 is 4.74 Å². The SMILES string of the molecule is COc1cccc(C=N[C@H]2C=CS(=O)(=O)C2)c1O. The average molecular weight is 267 g/mol. The van der Waals surface area contributed by atoms with Crippen molar-refractivity contribution >= 4 is 16.1 Å². The first-order chi connectivity index (χ1) is 8.52. The largest absolute Gasteiger partial charge is 0.504 e. The molecule has 0 bridgehead atoms. The maximum Gasteiger partial charge on any atom is 0.173 e. The number of rotatable bonds is 3. The molecule has 0 radical (unpaired) electrons. The van der Waals surface area contributed by atoms with Gasteiger partial charge in [0.2, 0.25) is 0 Å². The lowest BCUT2D eigenvalue weighted by Gasteiger charge is -2.05. The maximum atomic E-state index is 11.2. The predicted molar refractivity (Wildman–Crippen MR) is 69.0 cm³/mol. The number of phenolic OH excluding ortho intramolecular Hbond substituents is 1. The van der Waals surface area contributed by atoms with E-state index in [1.807, 2.05) is 0 Å². The van der Waals surface area contributed by atoms with E-state index in [4.69, 9.17) is 4.74 Å². The van der Waals surface area contributed by atoms with Crippen LogP contribution in [-0.2, 0) is 9.84 Å². The summed E-state index contributed by atoms with van der Waals surface area (Å²) in [5, 5.41) is 11.0. The van der Waals surface area contributed by atoms with Gasteiger partial charge in [0.1, 0.15) is 0 Å². The van der Waals surface area contributed by atoms with Crippen LogP contribution in [0.5, 0.6) is 11.5 Å². The summed E-state index contributed by atoms with van der Waals surface area (Å²) >= 11 is 0. The zero-order valence-corrected chi connectivity index (χ0v) is 10.6. The lowest BCUT2D eigenvalue weighted by Crippen LogP contribution is -2.08. The van der Waals surface area contributed by atoms with E-state index in [9.17, 15) is 13.5 Å². The van der Waals surface area contributed by atoms with Crippen molar-refractivity contribution in [2.75, 3.05) is 12.9 Å². The third kappa shape index (κ3) is 2.70. The van der Waals surface area contributed by atoms with Crippen molar-refractivity contribution in [2.45, 2.75) is 6.04 Å². The van der Waals surface area contributed by atoms with Gasteiger partial charge in [0.05, 0.1) is 18.9 Å². The van der Waals surface area contributed by atoms with Gasteiger partial charge in [0.15, 0.2) is 21.3 Å². The van der Waals surface area contributed by atoms with Crippen LogP contribution >= 0.6 is 0 Å². The lowest BCUT2D eigenvalue weighted by atomic mass is 10.2. The van der Waals surface area contributed by atoms with Crippen molar-refractivity contribution in [3.63, 3.8) is 0 Å². The highest BCUT2D eigenvalue weighted by molar-refractivity contribution is 7.94. The Labute approximate surface area is 105 Å². The highest BCUT2D eigenvalue weighted by Crippen LogP contribution is 2.28. The molecule has 0 aromatic heterocycles. The Morgan fingerprint density at radius 3 is 2.89 bits per heavy atom. The topological polar surface area (TPSA) is 76.0 Å². The van der Waals surface area contributed by atoms with Crippen molar-refractivity contribution in [3.8, 4) is 11.5 Å². The number of aromatic hydroxyl groups is 1. The molecule has 0 saturated heterocycles. The Morgan fingerprint density at radius 1 is 1.50 bits per heavy atom. The molecular weight excluding hydrogens is 254 g/mol. The molecule has 0 fully saturated rings. The second-order valence-electron chi connectivity index (χ2n) is 3.90. The molecule has 1 heterocycles. The van der Waals surface area contributed by atoms with Gasteiger partial charge in [0, 0.05) is 17.2 Å². The molecule has 0 unspecified atom stereocenters. The average Bonchev–Trinajstić information content (AvgIpc) is 2.68. The van der Waals surface area contributed by atoms with Crippen molar-refractivity contribution in [1.82, 2.24) is 0 Å². The monoisotopic (exact) mass is 267 g/mol. The summed E-state index contributed by atoms with van der Waals surface area (Å²) in [6.45, 7) is 0. The molecule has 96 valence electrons. The van der Waals surface area contributed by atoms with E-state index in [0.29, 0.717) is 11.3 Å². The fourth-order valence-corrected chi connectivity index (χ4v) is 2.84. The third-order valence-corrected chi connectivity index (χ3v) is 3.94. The van der Waals surface area contributed by atoms with Gasteiger partial charge in [-0.3, -0.25) is 4.99 Å². The quantitative estimate of drug-likeness (QED) is 0.833. The normalized spacial score (nSPS) is 21.5. The van der Waals surface area contributed by atoms with Gasteiger partial charge in [-0.1, -0.05) is 6.07 Å². The van der Waals surface area contributed by atoms with E-state index in [2.05, 4.69) is 4.99 Å². The summed E-state index contributed by atoms with van der Waals surface area (Å²) in [4.78, 5) is 4.12. The molecule has 0 aliphatic carbocycles. The summed E-state index contributed by atoms with van der Waals surface area (Å²) in [5.74, 6) is 0.330. The van der Waals surface area contributed by atoms with Gasteiger partial charge >= 0.3 is 0 Å². The molecule has 6 heteroatoms. The van der Waals surface area contributed by atoms with Crippen LogP contribution in [0.25, 0.3) is 0 Å². The van der Waals surface area contributed by atoms with Gasteiger partial charge in [-0.15, -0.1) is 0 Å². The number of ether oxygens (including phenoxy) is 1. The molecule has 0 amide bonds. The smallest absolute Gasteiger partial charge is 0.173 e. The van der Waals surface area contributed by atoms with Crippen LogP contribution in [0, 0.1) is 0 Å². The molecule has 1 aromatic carbocycles. The number of benzene rings is 1. The molecule has 1 N–H and O–H groups in total. The van der Waals surface area contributed by atoms with Crippen LogP contribution in [0.3, 0.4) is 0 Å². The minimum Gasteiger partial charge on any atom is -0.504 e. The van der Waals surface area contributed by atoms with E-state index in [1.165, 1.54) is 24.8 Å². The third-order valence-electron chi connectivity index (χ3n) is 2.57. The summed E-state index contributed by atoms with van der Waals surface area (Å²) in [6, 6.07) is 4.64. The van der Waals surface area contributed by atoms with Crippen LogP contribution in [-0.4, -0.2) is 38.6 Å². The molecule has 2 rings (SSSR count). The minimum atomic E-state index is -3.10. The Kier molecular flexibility index (Phi) is 3.38. The van der Waals surface area contributed by atoms with E-state index < -0.39 is 9.84 Å². The number of nitrogens with zero attached hydrogens (tertiary/aromatic N) is 1. The fraction of sp³-hybridized carbons (Fsp3) is 0.250. The van der Waals surface area contributed by atoms with Gasteiger partial charge in [-0.05, 0) is 18.2 Å². The molecule has 1 atom stereocenters. The first kappa shape index (κ1) is 12.6. The zero-order chi connectivity index (χ0) is 13.2. The second-order valence-corrected chi connectivity index (χ2v) is 5.83. The number of hydrogen-bond acceptors (Lipinski definition) is 5. The van der Waals surface area contributed by atoms with E-state index >= 15 is 0 Å². The van der Waals surface area contributed by atoms with E-state index in [0.717, 1.165) is 0 Å². The highest BCUT2D eigenvalue weighted by atomic mass is 32.2. The number of hydrogen-bond donors (Lipinski definition) is 1. The van der Waals surface area contributed by atoms with Gasteiger partial charge < -0.3 is 9.84 Å². The van der Waals surface area contributed by atoms with Crippen LogP contribution in [0.2, 0.25) is 0 Å². The lowest BCUT2D eigenvalue weighted by molar-refractivity contribution is 0.373. The molecular formula is C12H13NO4S. The summed E-state index contributed by atoms with van der Waals surface area (Å²) in [5.41, 5.74) is 0.493. The molecule has 1 aliphatic heterocycles. The summed E-state index contributed by atoms with van der Waals surface area (Å²) in [6.07, 6.45) is 2.98. The Morgan fingerprint density at radius 2 is 2.28 bits per heavy atom. The zero-order valence-electron chi connectivity index (χ0n) is 9.78. The first-order valence-electron chi connectivity index (χ1n) is 5.32. The van der Waals surface area contributed by atoms with Crippen molar-refractivity contribution in [3.05, 3.63) is 35.2 Å². The van der Waals surface area contributed by atoms with Crippen molar-refractivity contribution < 1.29 is 18.3 Å². The molecule has 1 aromatic rings. The highest BCUT2D eigenvalue weighted by Gasteiger charge is 2.20. The number of para-hydroxylation sites is 1. The Hall–Kier alpha value is -1.82. The number of methoxy groups -OCH3 is 1. The predicted octanol–water partition coefficient (Wildman–Crippen LogP) is 1.13. The number of phenols is 1. The van der Waals surface area contributed by atoms with E-state index in [-0.39, 0.29) is 17.5 Å². The second kappa shape index (κ2) is 4.81. The maximum absolute atomic E-state index is 11.2. The van der Waals surface area contributed by atoms with Crippen molar-refractivity contribution in [1.29, 1.82) is 0 Å². The van der Waals surface area contributed by atoms with E-state index in [1.54, 1.807) is 18.2 Å².